The second-order valence-corrected chi connectivity index (χ2v) is 6.80. The average Bonchev–Trinajstić information content (AvgIpc) is 2.11. The van der Waals surface area contributed by atoms with Crippen LogP contribution in [0.2, 0.25) is 0 Å². The second kappa shape index (κ2) is 4.87. The first-order valence-electron chi connectivity index (χ1n) is 6.57. The SMILES string of the molecule is CCc1c(O)n(C(C)(C)CC(C)(C)C)c(=O)[nH]c1=O. The maximum atomic E-state index is 12.0. The first-order valence-corrected chi connectivity index (χ1v) is 6.57. The molecule has 0 spiro atoms. The van der Waals surface area contributed by atoms with Crippen LogP contribution < -0.4 is 11.2 Å². The van der Waals surface area contributed by atoms with E-state index in [9.17, 15) is 14.7 Å². The van der Waals surface area contributed by atoms with Gasteiger partial charge in [0.1, 0.15) is 0 Å². The van der Waals surface area contributed by atoms with Gasteiger partial charge in [-0.05, 0) is 32.1 Å². The van der Waals surface area contributed by atoms with Crippen molar-refractivity contribution in [1.29, 1.82) is 0 Å². The fraction of sp³-hybridized carbons (Fsp3) is 0.714. The Bertz CT molecular complexity index is 574. The zero-order chi connectivity index (χ0) is 15.0. The molecule has 1 rings (SSSR count). The van der Waals surface area contributed by atoms with Crippen LogP contribution in [0.25, 0.3) is 0 Å². The number of aromatic amines is 1. The van der Waals surface area contributed by atoms with Crippen LogP contribution in [-0.4, -0.2) is 14.7 Å². The van der Waals surface area contributed by atoms with Gasteiger partial charge >= 0.3 is 5.69 Å². The van der Waals surface area contributed by atoms with Crippen LogP contribution in [0.4, 0.5) is 0 Å². The molecule has 1 heterocycles. The summed E-state index contributed by atoms with van der Waals surface area (Å²) in [5, 5.41) is 10.2. The summed E-state index contributed by atoms with van der Waals surface area (Å²) in [5.74, 6) is -0.217. The smallest absolute Gasteiger partial charge is 0.331 e. The lowest BCUT2D eigenvalue weighted by molar-refractivity contribution is 0.189. The van der Waals surface area contributed by atoms with Gasteiger partial charge in [0.25, 0.3) is 5.56 Å². The summed E-state index contributed by atoms with van der Waals surface area (Å²) in [5.41, 5.74) is -1.39. The Kier molecular flexibility index (Phi) is 3.98. The minimum atomic E-state index is -0.576. The van der Waals surface area contributed by atoms with Crippen molar-refractivity contribution in [2.75, 3.05) is 0 Å². The summed E-state index contributed by atoms with van der Waals surface area (Å²) in [6.45, 7) is 11.8. The van der Waals surface area contributed by atoms with Gasteiger partial charge in [0.05, 0.1) is 5.56 Å². The van der Waals surface area contributed by atoms with Crippen molar-refractivity contribution >= 4 is 0 Å². The first kappa shape index (κ1) is 15.5. The van der Waals surface area contributed by atoms with Gasteiger partial charge in [-0.2, -0.15) is 0 Å². The maximum absolute atomic E-state index is 12.0. The zero-order valence-electron chi connectivity index (χ0n) is 12.6. The predicted molar refractivity (Wildman–Crippen MR) is 75.8 cm³/mol. The van der Waals surface area contributed by atoms with E-state index >= 15 is 0 Å². The molecule has 0 aliphatic rings. The van der Waals surface area contributed by atoms with Gasteiger partial charge in [-0.3, -0.25) is 14.3 Å². The van der Waals surface area contributed by atoms with Crippen LogP contribution in [0.15, 0.2) is 9.59 Å². The van der Waals surface area contributed by atoms with Gasteiger partial charge in [-0.1, -0.05) is 27.7 Å². The molecule has 5 heteroatoms. The van der Waals surface area contributed by atoms with Crippen molar-refractivity contribution in [2.24, 2.45) is 5.41 Å². The quantitative estimate of drug-likeness (QED) is 0.880. The molecule has 0 amide bonds. The summed E-state index contributed by atoms with van der Waals surface area (Å²) >= 11 is 0. The van der Waals surface area contributed by atoms with E-state index < -0.39 is 16.8 Å². The largest absolute Gasteiger partial charge is 0.494 e. The van der Waals surface area contributed by atoms with E-state index in [0.717, 1.165) is 0 Å². The molecule has 0 atom stereocenters. The fourth-order valence-corrected chi connectivity index (χ4v) is 2.82. The van der Waals surface area contributed by atoms with Crippen LogP contribution in [0, 0.1) is 5.41 Å². The zero-order valence-corrected chi connectivity index (χ0v) is 12.6. The van der Waals surface area contributed by atoms with Crippen molar-refractivity contribution in [2.45, 2.75) is 59.9 Å². The van der Waals surface area contributed by atoms with Crippen molar-refractivity contribution < 1.29 is 5.11 Å². The third-order valence-electron chi connectivity index (χ3n) is 3.10. The molecule has 0 saturated carbocycles. The van der Waals surface area contributed by atoms with Crippen LogP contribution >= 0.6 is 0 Å². The van der Waals surface area contributed by atoms with Gasteiger partial charge in [-0.25, -0.2) is 4.79 Å². The van der Waals surface area contributed by atoms with Gasteiger partial charge in [0.2, 0.25) is 5.88 Å². The predicted octanol–water partition coefficient (Wildman–Crippen LogP) is 1.98. The third-order valence-corrected chi connectivity index (χ3v) is 3.10. The van der Waals surface area contributed by atoms with Crippen LogP contribution in [0.5, 0.6) is 5.88 Å². The fourth-order valence-electron chi connectivity index (χ4n) is 2.82. The Balaban J connectivity index is 3.51. The Hall–Kier alpha value is -1.52. The number of nitrogens with one attached hydrogen (secondary N) is 1. The highest BCUT2D eigenvalue weighted by molar-refractivity contribution is 5.24. The minimum Gasteiger partial charge on any atom is -0.494 e. The monoisotopic (exact) mass is 268 g/mol. The summed E-state index contributed by atoms with van der Waals surface area (Å²) in [6, 6.07) is 0. The van der Waals surface area contributed by atoms with Gasteiger partial charge < -0.3 is 5.11 Å². The number of rotatable bonds is 3. The van der Waals surface area contributed by atoms with E-state index in [2.05, 4.69) is 25.8 Å². The van der Waals surface area contributed by atoms with Crippen molar-refractivity contribution in [3.8, 4) is 5.88 Å². The Morgan fingerprint density at radius 1 is 1.16 bits per heavy atom. The van der Waals surface area contributed by atoms with Crippen molar-refractivity contribution in [3.63, 3.8) is 0 Å². The Morgan fingerprint density at radius 3 is 2.11 bits per heavy atom. The summed E-state index contributed by atoms with van der Waals surface area (Å²) in [7, 11) is 0. The third kappa shape index (κ3) is 3.28. The number of aromatic nitrogens is 2. The van der Waals surface area contributed by atoms with E-state index in [0.29, 0.717) is 12.8 Å². The molecule has 0 bridgehead atoms. The summed E-state index contributed by atoms with van der Waals surface area (Å²) in [4.78, 5) is 25.9. The van der Waals surface area contributed by atoms with Crippen LogP contribution in [-0.2, 0) is 12.0 Å². The second-order valence-electron chi connectivity index (χ2n) is 6.80. The molecule has 0 radical (unpaired) electrons. The molecule has 1 aromatic rings. The van der Waals surface area contributed by atoms with Crippen LogP contribution in [0.1, 0.15) is 53.5 Å². The Morgan fingerprint density at radius 2 is 1.68 bits per heavy atom. The molecular formula is C14H24N2O3. The highest BCUT2D eigenvalue weighted by atomic mass is 16.3. The molecule has 0 aliphatic carbocycles. The standard InChI is InChI=1S/C14H24N2O3/c1-7-9-10(17)15-12(19)16(11(9)18)14(5,6)8-13(2,3)4/h18H,7-8H2,1-6H3,(H,15,17,19). The number of hydrogen-bond donors (Lipinski definition) is 2. The lowest BCUT2D eigenvalue weighted by Gasteiger charge is -2.34. The number of hydrogen-bond acceptors (Lipinski definition) is 3. The van der Waals surface area contributed by atoms with Gasteiger partial charge in [0, 0.05) is 5.54 Å². The highest BCUT2D eigenvalue weighted by Crippen LogP contribution is 2.33. The van der Waals surface area contributed by atoms with Crippen molar-refractivity contribution in [3.05, 3.63) is 26.4 Å². The first-order chi connectivity index (χ1) is 8.49. The summed E-state index contributed by atoms with van der Waals surface area (Å²) in [6.07, 6.45) is 1.08. The van der Waals surface area contributed by atoms with E-state index in [-0.39, 0.29) is 16.9 Å². The number of aromatic hydroxyl groups is 1. The molecule has 2 N–H and O–H groups in total. The maximum Gasteiger partial charge on any atom is 0.331 e. The van der Waals surface area contributed by atoms with E-state index in [4.69, 9.17) is 0 Å². The molecule has 19 heavy (non-hydrogen) atoms. The number of nitrogens with zero attached hydrogens (tertiary/aromatic N) is 1. The lowest BCUT2D eigenvalue weighted by atomic mass is 9.81. The molecule has 5 nitrogen and oxygen atoms in total. The van der Waals surface area contributed by atoms with Crippen LogP contribution in [0.3, 0.4) is 0 Å². The van der Waals surface area contributed by atoms with E-state index in [1.807, 2.05) is 13.8 Å². The highest BCUT2D eigenvalue weighted by Gasteiger charge is 2.31. The Labute approximate surface area is 113 Å². The molecule has 0 unspecified atom stereocenters. The molecule has 0 aliphatic heterocycles. The molecule has 108 valence electrons. The summed E-state index contributed by atoms with van der Waals surface area (Å²) < 4.78 is 1.29. The van der Waals surface area contributed by atoms with E-state index in [1.165, 1.54) is 4.57 Å². The molecule has 0 saturated heterocycles. The normalized spacial score (nSPS) is 12.7. The van der Waals surface area contributed by atoms with Gasteiger partial charge in [0.15, 0.2) is 0 Å². The lowest BCUT2D eigenvalue weighted by Crippen LogP contribution is -2.43. The van der Waals surface area contributed by atoms with Gasteiger partial charge in [-0.15, -0.1) is 0 Å². The van der Waals surface area contributed by atoms with Crippen molar-refractivity contribution in [1.82, 2.24) is 9.55 Å². The minimum absolute atomic E-state index is 0.00209. The van der Waals surface area contributed by atoms with E-state index in [1.54, 1.807) is 6.92 Å². The molecule has 1 aromatic heterocycles. The molecule has 0 fully saturated rings. The topological polar surface area (TPSA) is 75.1 Å². The molecular weight excluding hydrogens is 244 g/mol. The molecule has 0 aromatic carbocycles. The average molecular weight is 268 g/mol. The number of H-pyrrole nitrogens is 1.